The van der Waals surface area contributed by atoms with E-state index in [-0.39, 0.29) is 55.0 Å². The molecule has 2 atom stereocenters. The number of aryl methyl sites for hydroxylation is 1. The molecule has 1 aliphatic carbocycles. The van der Waals surface area contributed by atoms with Gasteiger partial charge in [-0.25, -0.2) is 8.42 Å². The van der Waals surface area contributed by atoms with Crippen LogP contribution in [0.15, 0.2) is 29.1 Å². The minimum absolute atomic E-state index is 0.131. The molecule has 1 fully saturated rings. The van der Waals surface area contributed by atoms with E-state index >= 15 is 0 Å². The third-order valence-corrected chi connectivity index (χ3v) is 11.0. The maximum Gasteiger partial charge on any atom is 0.245 e. The monoisotopic (exact) mass is 672 g/mol. The molecule has 2 N–H and O–H groups in total. The molecule has 2 aromatic rings. The van der Waals surface area contributed by atoms with Crippen LogP contribution in [0.4, 0.5) is 5.69 Å². The number of sulfonamides is 1. The van der Waals surface area contributed by atoms with Gasteiger partial charge in [-0.2, -0.15) is 4.31 Å². The number of hydrogen-bond acceptors (Lipinski definition) is 9. The zero-order valence-electron chi connectivity index (χ0n) is 28.6. The number of benzene rings is 1. The molecule has 2 aliphatic rings. The number of amides is 2. The van der Waals surface area contributed by atoms with E-state index in [9.17, 15) is 22.8 Å². The van der Waals surface area contributed by atoms with Crippen LogP contribution in [0.5, 0.6) is 17.2 Å². The largest absolute Gasteiger partial charge is 0.493 e. The first-order valence-electron chi connectivity index (χ1n) is 16.0. The van der Waals surface area contributed by atoms with Gasteiger partial charge in [-0.15, -0.1) is 0 Å². The van der Waals surface area contributed by atoms with Crippen LogP contribution in [0.2, 0.25) is 0 Å². The maximum atomic E-state index is 13.9. The molecule has 1 saturated heterocycles. The van der Waals surface area contributed by atoms with Crippen molar-refractivity contribution >= 4 is 27.5 Å². The molecule has 47 heavy (non-hydrogen) atoms. The molecule has 1 heterocycles. The summed E-state index contributed by atoms with van der Waals surface area (Å²) in [4.78, 5) is 41.8. The van der Waals surface area contributed by atoms with Gasteiger partial charge in [0, 0.05) is 38.7 Å². The second-order valence-electron chi connectivity index (χ2n) is 12.7. The van der Waals surface area contributed by atoms with Crippen LogP contribution in [0.1, 0.15) is 64.6 Å². The van der Waals surface area contributed by atoms with Crippen molar-refractivity contribution in [1.29, 1.82) is 0 Å². The van der Waals surface area contributed by atoms with Crippen LogP contribution in [0.25, 0.3) is 11.1 Å². The molecule has 1 aliphatic heterocycles. The number of nitrogens with one attached hydrogen (secondary N) is 2. The molecule has 12 nitrogen and oxygen atoms in total. The summed E-state index contributed by atoms with van der Waals surface area (Å²) in [6, 6.07) is 5.73. The zero-order valence-corrected chi connectivity index (χ0v) is 29.5. The molecule has 0 spiro atoms. The first-order valence-corrected chi connectivity index (χ1v) is 17.6. The quantitative estimate of drug-likeness (QED) is 0.366. The molecule has 0 unspecified atom stereocenters. The van der Waals surface area contributed by atoms with E-state index in [2.05, 4.69) is 10.6 Å². The van der Waals surface area contributed by atoms with Crippen molar-refractivity contribution < 1.29 is 32.2 Å². The Bertz CT molecular complexity index is 1650. The number of nitrogens with zero attached hydrogens (tertiary/aromatic N) is 2. The van der Waals surface area contributed by atoms with E-state index in [0.717, 1.165) is 11.1 Å². The van der Waals surface area contributed by atoms with Gasteiger partial charge < -0.3 is 29.7 Å². The molecule has 13 heteroatoms. The van der Waals surface area contributed by atoms with Crippen molar-refractivity contribution in [2.45, 2.75) is 71.2 Å². The molecule has 0 aromatic heterocycles. The molecule has 2 aromatic carbocycles. The summed E-state index contributed by atoms with van der Waals surface area (Å²) in [6.07, 6.45) is 1.56. The van der Waals surface area contributed by atoms with Gasteiger partial charge in [0.15, 0.2) is 11.5 Å². The van der Waals surface area contributed by atoms with Gasteiger partial charge >= 0.3 is 0 Å². The van der Waals surface area contributed by atoms with Crippen LogP contribution >= 0.6 is 0 Å². The van der Waals surface area contributed by atoms with Crippen molar-refractivity contribution in [3.05, 3.63) is 45.6 Å². The van der Waals surface area contributed by atoms with Gasteiger partial charge in [0.05, 0.1) is 38.3 Å². The predicted molar refractivity (Wildman–Crippen MR) is 182 cm³/mol. The second-order valence-corrected chi connectivity index (χ2v) is 15.2. The fourth-order valence-electron chi connectivity index (χ4n) is 6.39. The van der Waals surface area contributed by atoms with E-state index in [4.69, 9.17) is 14.2 Å². The molecule has 2 amide bonds. The Morgan fingerprint density at radius 2 is 1.62 bits per heavy atom. The molecule has 0 radical (unpaired) electrons. The molecular weight excluding hydrogens is 624 g/mol. The average Bonchev–Trinajstić information content (AvgIpc) is 3.27. The molecular formula is C34H48N4O8S. The maximum absolute atomic E-state index is 13.9. The lowest BCUT2D eigenvalue weighted by Gasteiger charge is -2.37. The number of ether oxygens (including phenoxy) is 3. The van der Waals surface area contributed by atoms with Crippen molar-refractivity contribution in [3.63, 3.8) is 0 Å². The van der Waals surface area contributed by atoms with Gasteiger partial charge in [0.25, 0.3) is 0 Å². The van der Waals surface area contributed by atoms with Gasteiger partial charge in [-0.05, 0) is 73.9 Å². The SMILES string of the molecule is COc1cc2c(c(OC)c1OC)-c1ccc(N[C@@H](CC(C)C)C(=O)N3CCN(S(=O)(=O)C(C)C)CC3)c(=O)cc1[C@@H](NC(C)=O)CC2. The Hall–Kier alpha value is -3.84. The van der Waals surface area contributed by atoms with Crippen molar-refractivity contribution in [2.24, 2.45) is 5.92 Å². The standard InChI is InChI=1S/C34H48N4O8S/c1-20(2)17-28(34(41)37-13-15-38(16-14-37)47(42,43)21(3)4)36-27-12-10-24-25(19-29(27)40)26(35-22(5)39)11-9-23-18-30(44-6)32(45-7)33(46-8)31(23)24/h10,12,18-21,26,28H,9,11,13-17H2,1-8H3,(H,35,39)(H,36,40)/t26-,28-/m0/s1. The minimum Gasteiger partial charge on any atom is -0.493 e. The van der Waals surface area contributed by atoms with Crippen molar-refractivity contribution in [2.75, 3.05) is 52.8 Å². The number of rotatable bonds is 11. The smallest absolute Gasteiger partial charge is 0.245 e. The molecule has 0 saturated carbocycles. The van der Waals surface area contributed by atoms with Gasteiger partial charge in [0.2, 0.25) is 33.0 Å². The Morgan fingerprint density at radius 1 is 0.957 bits per heavy atom. The lowest BCUT2D eigenvalue weighted by molar-refractivity contribution is -0.133. The minimum atomic E-state index is -3.42. The fraction of sp³-hybridized carbons (Fsp3) is 0.559. The lowest BCUT2D eigenvalue weighted by atomic mass is 9.95. The summed E-state index contributed by atoms with van der Waals surface area (Å²) >= 11 is 0. The average molecular weight is 673 g/mol. The summed E-state index contributed by atoms with van der Waals surface area (Å²) in [7, 11) is 1.21. The number of hydrogen-bond donors (Lipinski definition) is 2. The first kappa shape index (κ1) is 36.0. The highest BCUT2D eigenvalue weighted by Gasteiger charge is 2.34. The van der Waals surface area contributed by atoms with Crippen LogP contribution < -0.4 is 30.3 Å². The van der Waals surface area contributed by atoms with Gasteiger partial charge in [0.1, 0.15) is 6.04 Å². The zero-order chi connectivity index (χ0) is 34.6. The van der Waals surface area contributed by atoms with E-state index in [1.165, 1.54) is 24.4 Å². The summed E-state index contributed by atoms with van der Waals surface area (Å²) in [6.45, 7) is 9.72. The topological polar surface area (TPSA) is 144 Å². The molecule has 4 rings (SSSR count). The third kappa shape index (κ3) is 7.67. The number of piperazine rings is 1. The van der Waals surface area contributed by atoms with E-state index < -0.39 is 27.4 Å². The van der Waals surface area contributed by atoms with E-state index in [1.54, 1.807) is 39.0 Å². The third-order valence-electron chi connectivity index (χ3n) is 8.76. The Labute approximate surface area is 277 Å². The van der Waals surface area contributed by atoms with Crippen LogP contribution in [0.3, 0.4) is 0 Å². The van der Waals surface area contributed by atoms with E-state index in [0.29, 0.717) is 47.6 Å². The summed E-state index contributed by atoms with van der Waals surface area (Å²) in [5.41, 5.74) is 2.86. The predicted octanol–water partition coefficient (Wildman–Crippen LogP) is 3.57. The number of carbonyl (C=O) groups excluding carboxylic acids is 2. The molecule has 258 valence electrons. The van der Waals surface area contributed by atoms with Crippen molar-refractivity contribution in [3.8, 4) is 28.4 Å². The van der Waals surface area contributed by atoms with Crippen molar-refractivity contribution in [1.82, 2.24) is 14.5 Å². The highest BCUT2D eigenvalue weighted by Crippen LogP contribution is 2.50. The fourth-order valence-corrected chi connectivity index (χ4v) is 7.66. The highest BCUT2D eigenvalue weighted by molar-refractivity contribution is 7.89. The lowest BCUT2D eigenvalue weighted by Crippen LogP contribution is -2.55. The number of fused-ring (bicyclic) bond motifs is 3. The molecule has 0 bridgehead atoms. The Balaban J connectivity index is 1.77. The van der Waals surface area contributed by atoms with Gasteiger partial charge in [-0.3, -0.25) is 14.4 Å². The Kier molecular flexibility index (Phi) is 11.4. The summed E-state index contributed by atoms with van der Waals surface area (Å²) in [5.74, 6) is 1.08. The van der Waals surface area contributed by atoms with Gasteiger partial charge in [-0.1, -0.05) is 19.9 Å². The summed E-state index contributed by atoms with van der Waals surface area (Å²) < 4.78 is 43.9. The number of carbonyl (C=O) groups is 2. The van der Waals surface area contributed by atoms with Crippen LogP contribution in [-0.2, 0) is 26.0 Å². The summed E-state index contributed by atoms with van der Waals surface area (Å²) in [5, 5.41) is 5.71. The van der Waals surface area contributed by atoms with Crippen LogP contribution in [-0.4, -0.2) is 88.2 Å². The second kappa shape index (κ2) is 14.9. The number of methoxy groups -OCH3 is 3. The Morgan fingerprint density at radius 3 is 2.17 bits per heavy atom. The number of anilines is 1. The normalized spacial score (nSPS) is 17.3. The first-order chi connectivity index (χ1) is 22.2. The van der Waals surface area contributed by atoms with Crippen LogP contribution in [0, 0.1) is 5.92 Å². The van der Waals surface area contributed by atoms with E-state index in [1.807, 2.05) is 26.0 Å². The highest BCUT2D eigenvalue weighted by atomic mass is 32.2.